The average molecular weight is 403 g/mol. The second-order valence-electron chi connectivity index (χ2n) is 5.64. The van der Waals surface area contributed by atoms with Gasteiger partial charge in [0.15, 0.2) is 0 Å². The number of rotatable bonds is 6. The number of amides is 1. The normalized spacial score (nSPS) is 14.2. The van der Waals surface area contributed by atoms with Gasteiger partial charge in [-0.2, -0.15) is 0 Å². The van der Waals surface area contributed by atoms with Gasteiger partial charge in [0.05, 0.1) is 5.01 Å². The van der Waals surface area contributed by atoms with Crippen molar-refractivity contribution in [1.82, 2.24) is 20.5 Å². The van der Waals surface area contributed by atoms with Crippen LogP contribution in [-0.4, -0.2) is 55.1 Å². The van der Waals surface area contributed by atoms with Gasteiger partial charge in [0.25, 0.3) is 5.91 Å². The second kappa shape index (κ2) is 11.4. The number of piperazine rings is 1. The minimum Gasteiger partial charge on any atom is -0.349 e. The SMILES string of the molecule is Cl.Cl.O=C(NCCN1CCNCC1)c1csc(Cc2ccccc2)n1. The number of carbonyl (C=O) groups is 1. The minimum absolute atomic E-state index is 0. The van der Waals surface area contributed by atoms with Gasteiger partial charge in [-0.15, -0.1) is 36.2 Å². The van der Waals surface area contributed by atoms with E-state index in [-0.39, 0.29) is 30.7 Å². The molecule has 1 aromatic carbocycles. The average Bonchev–Trinajstić information content (AvgIpc) is 3.05. The molecule has 0 bridgehead atoms. The molecular formula is C17H24Cl2N4OS. The van der Waals surface area contributed by atoms with Gasteiger partial charge >= 0.3 is 0 Å². The summed E-state index contributed by atoms with van der Waals surface area (Å²) >= 11 is 1.54. The first-order valence-electron chi connectivity index (χ1n) is 8.01. The van der Waals surface area contributed by atoms with Crippen LogP contribution in [0.1, 0.15) is 21.1 Å². The van der Waals surface area contributed by atoms with Crippen molar-refractivity contribution < 1.29 is 4.79 Å². The molecule has 1 saturated heterocycles. The largest absolute Gasteiger partial charge is 0.349 e. The van der Waals surface area contributed by atoms with Crippen LogP contribution in [0.4, 0.5) is 0 Å². The van der Waals surface area contributed by atoms with Crippen LogP contribution in [0.25, 0.3) is 0 Å². The molecule has 0 unspecified atom stereocenters. The highest BCUT2D eigenvalue weighted by Gasteiger charge is 2.12. The van der Waals surface area contributed by atoms with E-state index in [0.29, 0.717) is 12.2 Å². The minimum atomic E-state index is -0.0734. The Bertz CT molecular complexity index is 633. The first-order chi connectivity index (χ1) is 11.3. The fourth-order valence-electron chi connectivity index (χ4n) is 2.62. The quantitative estimate of drug-likeness (QED) is 0.777. The Morgan fingerprint density at radius 2 is 1.92 bits per heavy atom. The Morgan fingerprint density at radius 1 is 1.20 bits per heavy atom. The molecule has 1 amide bonds. The molecule has 1 aromatic heterocycles. The number of carbonyl (C=O) groups excluding carboxylic acids is 1. The van der Waals surface area contributed by atoms with Gasteiger partial charge in [0.1, 0.15) is 5.69 Å². The molecule has 1 aliphatic rings. The molecule has 138 valence electrons. The topological polar surface area (TPSA) is 57.3 Å². The summed E-state index contributed by atoms with van der Waals surface area (Å²) < 4.78 is 0. The molecule has 1 aliphatic heterocycles. The first kappa shape index (κ1) is 21.9. The smallest absolute Gasteiger partial charge is 0.270 e. The van der Waals surface area contributed by atoms with Crippen molar-refractivity contribution >= 4 is 42.1 Å². The summed E-state index contributed by atoms with van der Waals surface area (Å²) in [5.41, 5.74) is 1.74. The Morgan fingerprint density at radius 3 is 2.64 bits per heavy atom. The zero-order valence-corrected chi connectivity index (χ0v) is 16.4. The third-order valence-electron chi connectivity index (χ3n) is 3.91. The van der Waals surface area contributed by atoms with E-state index in [1.165, 1.54) is 5.56 Å². The summed E-state index contributed by atoms with van der Waals surface area (Å²) in [4.78, 5) is 19.0. The standard InChI is InChI=1S/C17H22N4OS.2ClH/c22-17(19-8-11-21-9-6-18-7-10-21)15-13-23-16(20-15)12-14-4-2-1-3-5-14;;/h1-5,13,18H,6-12H2,(H,19,22);2*1H. The highest BCUT2D eigenvalue weighted by Crippen LogP contribution is 2.14. The first-order valence-corrected chi connectivity index (χ1v) is 8.89. The summed E-state index contributed by atoms with van der Waals surface area (Å²) in [5.74, 6) is -0.0734. The molecule has 5 nitrogen and oxygen atoms in total. The van der Waals surface area contributed by atoms with Crippen LogP contribution in [0, 0.1) is 0 Å². The van der Waals surface area contributed by atoms with Gasteiger partial charge in [-0.25, -0.2) is 4.98 Å². The molecule has 0 saturated carbocycles. The molecule has 0 radical (unpaired) electrons. The number of hydrogen-bond acceptors (Lipinski definition) is 5. The van der Waals surface area contributed by atoms with Crippen LogP contribution in [0.2, 0.25) is 0 Å². The maximum absolute atomic E-state index is 12.2. The molecule has 1 fully saturated rings. The van der Waals surface area contributed by atoms with Gasteiger partial charge in [-0.05, 0) is 5.56 Å². The highest BCUT2D eigenvalue weighted by molar-refractivity contribution is 7.09. The Balaban J connectivity index is 0.00000156. The van der Waals surface area contributed by atoms with Crippen molar-refractivity contribution in [2.45, 2.75) is 6.42 Å². The van der Waals surface area contributed by atoms with Gasteiger partial charge in [-0.1, -0.05) is 30.3 Å². The molecule has 0 atom stereocenters. The van der Waals surface area contributed by atoms with Crippen LogP contribution in [0.3, 0.4) is 0 Å². The van der Waals surface area contributed by atoms with Gasteiger partial charge in [-0.3, -0.25) is 9.69 Å². The number of thiazole rings is 1. The number of aromatic nitrogens is 1. The Kier molecular flexibility index (Phi) is 10.0. The highest BCUT2D eigenvalue weighted by atomic mass is 35.5. The van der Waals surface area contributed by atoms with Crippen LogP contribution in [0.15, 0.2) is 35.7 Å². The van der Waals surface area contributed by atoms with Crippen LogP contribution in [0.5, 0.6) is 0 Å². The number of nitrogens with one attached hydrogen (secondary N) is 2. The lowest BCUT2D eigenvalue weighted by atomic mass is 10.2. The van der Waals surface area contributed by atoms with Crippen molar-refractivity contribution in [1.29, 1.82) is 0 Å². The lowest BCUT2D eigenvalue weighted by Crippen LogP contribution is -2.46. The Labute approximate surface area is 165 Å². The third-order valence-corrected chi connectivity index (χ3v) is 4.75. The van der Waals surface area contributed by atoms with E-state index in [2.05, 4.69) is 32.7 Å². The van der Waals surface area contributed by atoms with Crippen LogP contribution in [-0.2, 0) is 6.42 Å². The maximum atomic E-state index is 12.2. The monoisotopic (exact) mass is 402 g/mol. The molecule has 0 spiro atoms. The predicted molar refractivity (Wildman–Crippen MR) is 108 cm³/mol. The molecule has 0 aliphatic carbocycles. The molecule has 2 aromatic rings. The van der Waals surface area contributed by atoms with E-state index in [9.17, 15) is 4.79 Å². The molecule has 2 N–H and O–H groups in total. The number of halogens is 2. The van der Waals surface area contributed by atoms with Gasteiger partial charge in [0.2, 0.25) is 0 Å². The van der Waals surface area contributed by atoms with Crippen molar-refractivity contribution in [3.63, 3.8) is 0 Å². The molecule has 3 rings (SSSR count). The van der Waals surface area contributed by atoms with Crippen LogP contribution >= 0.6 is 36.2 Å². The van der Waals surface area contributed by atoms with Crippen LogP contribution < -0.4 is 10.6 Å². The zero-order chi connectivity index (χ0) is 15.9. The maximum Gasteiger partial charge on any atom is 0.270 e. The van der Waals surface area contributed by atoms with E-state index in [0.717, 1.165) is 44.2 Å². The van der Waals surface area contributed by atoms with Gasteiger partial charge in [0, 0.05) is 51.1 Å². The van der Waals surface area contributed by atoms with Crippen molar-refractivity contribution in [3.8, 4) is 0 Å². The predicted octanol–water partition coefficient (Wildman–Crippen LogP) is 2.21. The summed E-state index contributed by atoms with van der Waals surface area (Å²) in [7, 11) is 0. The van der Waals surface area contributed by atoms with Crippen molar-refractivity contribution in [2.24, 2.45) is 0 Å². The lowest BCUT2D eigenvalue weighted by molar-refractivity contribution is 0.0943. The van der Waals surface area contributed by atoms with E-state index in [1.807, 2.05) is 23.6 Å². The summed E-state index contributed by atoms with van der Waals surface area (Å²) in [6, 6.07) is 10.2. The van der Waals surface area contributed by atoms with Crippen molar-refractivity contribution in [3.05, 3.63) is 52.0 Å². The fourth-order valence-corrected chi connectivity index (χ4v) is 3.43. The summed E-state index contributed by atoms with van der Waals surface area (Å²) in [6.45, 7) is 5.73. The number of benzene rings is 1. The lowest BCUT2D eigenvalue weighted by Gasteiger charge is -2.26. The Hall–Kier alpha value is -1.18. The summed E-state index contributed by atoms with van der Waals surface area (Å²) in [6.07, 6.45) is 0.777. The summed E-state index contributed by atoms with van der Waals surface area (Å²) in [5, 5.41) is 9.11. The van der Waals surface area contributed by atoms with Crippen molar-refractivity contribution in [2.75, 3.05) is 39.3 Å². The van der Waals surface area contributed by atoms with Gasteiger partial charge < -0.3 is 10.6 Å². The third kappa shape index (κ3) is 6.92. The molecule has 2 heterocycles. The van der Waals surface area contributed by atoms with E-state index < -0.39 is 0 Å². The molecule has 25 heavy (non-hydrogen) atoms. The molecule has 8 heteroatoms. The van der Waals surface area contributed by atoms with E-state index >= 15 is 0 Å². The number of nitrogens with zero attached hydrogens (tertiary/aromatic N) is 2. The van der Waals surface area contributed by atoms with E-state index in [4.69, 9.17) is 0 Å². The fraction of sp³-hybridized carbons (Fsp3) is 0.412. The molecular weight excluding hydrogens is 379 g/mol. The zero-order valence-electron chi connectivity index (χ0n) is 13.9. The second-order valence-corrected chi connectivity index (χ2v) is 6.58. The number of hydrogen-bond donors (Lipinski definition) is 2. The van der Waals surface area contributed by atoms with E-state index in [1.54, 1.807) is 11.3 Å².